The van der Waals surface area contributed by atoms with Crippen LogP contribution < -0.4 is 5.73 Å². The van der Waals surface area contributed by atoms with Crippen molar-refractivity contribution in [1.29, 1.82) is 0 Å². The molecule has 0 bridgehead atoms. The van der Waals surface area contributed by atoms with Crippen LogP contribution in [0, 0.1) is 5.41 Å². The molecule has 60 valence electrons. The average Bonchev–Trinajstić information content (AvgIpc) is 2.40. The Balaban J connectivity index is 2.23. The van der Waals surface area contributed by atoms with Crippen molar-refractivity contribution in [1.82, 2.24) is 15.2 Å². The molecule has 4 heteroatoms. The zero-order chi connectivity index (χ0) is 8.06. The summed E-state index contributed by atoms with van der Waals surface area (Å²) in [7, 11) is 0. The van der Waals surface area contributed by atoms with Gasteiger partial charge < -0.3 is 5.73 Å². The van der Waals surface area contributed by atoms with Crippen LogP contribution in [0.1, 0.15) is 25.6 Å². The number of H-pyrrole nitrogens is 1. The number of nitrogens with one attached hydrogen (secondary N) is 1. The molecule has 11 heavy (non-hydrogen) atoms. The Bertz CT molecular complexity index is 251. The van der Waals surface area contributed by atoms with E-state index in [1.165, 1.54) is 6.33 Å². The fraction of sp³-hybridized carbons (Fsp3) is 0.714. The molecule has 0 unspecified atom stereocenters. The van der Waals surface area contributed by atoms with Crippen LogP contribution in [0.5, 0.6) is 0 Å². The molecule has 1 aliphatic carbocycles. The van der Waals surface area contributed by atoms with E-state index in [0.717, 1.165) is 5.82 Å². The molecule has 1 aromatic heterocycles. The van der Waals surface area contributed by atoms with Gasteiger partial charge in [0.15, 0.2) is 0 Å². The molecule has 0 spiro atoms. The molecular formula is C7H12N4. The maximum Gasteiger partial charge on any atom is 0.137 e. The van der Waals surface area contributed by atoms with Crippen LogP contribution in [-0.2, 0) is 0 Å². The van der Waals surface area contributed by atoms with Gasteiger partial charge in [0, 0.05) is 12.0 Å². The van der Waals surface area contributed by atoms with Crippen molar-refractivity contribution in [2.24, 2.45) is 11.1 Å². The summed E-state index contributed by atoms with van der Waals surface area (Å²) in [5.74, 6) is 1.28. The van der Waals surface area contributed by atoms with Crippen molar-refractivity contribution >= 4 is 0 Å². The summed E-state index contributed by atoms with van der Waals surface area (Å²) < 4.78 is 0. The standard InChI is InChI=1S/C7H12N4/c1-7(2)4(5(7)8)6-9-3-10-11-6/h3-5H,8H2,1-2H3,(H,9,10,11)/t4-,5+/m1/s1. The maximum atomic E-state index is 5.85. The molecule has 0 aliphatic heterocycles. The summed E-state index contributed by atoms with van der Waals surface area (Å²) in [6, 6.07) is 0.232. The first-order chi connectivity index (χ1) is 5.14. The topological polar surface area (TPSA) is 67.6 Å². The lowest BCUT2D eigenvalue weighted by molar-refractivity contribution is 0.591. The Morgan fingerprint density at radius 1 is 1.64 bits per heavy atom. The SMILES string of the molecule is CC1(C)[C@@H](N)[C@@H]1c1ncn[nH]1. The predicted octanol–water partition coefficient (Wildman–Crippen LogP) is 0.255. The highest BCUT2D eigenvalue weighted by molar-refractivity contribution is 5.23. The van der Waals surface area contributed by atoms with E-state index in [4.69, 9.17) is 5.73 Å². The quantitative estimate of drug-likeness (QED) is 0.606. The second-order valence-electron chi connectivity index (χ2n) is 3.70. The number of aromatic amines is 1. The van der Waals surface area contributed by atoms with E-state index in [9.17, 15) is 0 Å². The fourth-order valence-electron chi connectivity index (χ4n) is 1.56. The average molecular weight is 152 g/mol. The van der Waals surface area contributed by atoms with Gasteiger partial charge in [-0.15, -0.1) is 0 Å². The van der Waals surface area contributed by atoms with Crippen LogP contribution in [0.15, 0.2) is 6.33 Å². The van der Waals surface area contributed by atoms with Gasteiger partial charge in [0.1, 0.15) is 12.2 Å². The van der Waals surface area contributed by atoms with Crippen LogP contribution >= 0.6 is 0 Å². The Hall–Kier alpha value is -0.900. The molecule has 1 fully saturated rings. The Labute approximate surface area is 65.2 Å². The molecule has 2 rings (SSSR count). The Morgan fingerprint density at radius 2 is 2.27 bits per heavy atom. The fourth-order valence-corrected chi connectivity index (χ4v) is 1.56. The van der Waals surface area contributed by atoms with Crippen molar-refractivity contribution in [3.8, 4) is 0 Å². The van der Waals surface area contributed by atoms with Crippen LogP contribution in [0.2, 0.25) is 0 Å². The molecule has 1 saturated carbocycles. The van der Waals surface area contributed by atoms with Gasteiger partial charge in [-0.1, -0.05) is 13.8 Å². The van der Waals surface area contributed by atoms with E-state index in [0.29, 0.717) is 5.92 Å². The van der Waals surface area contributed by atoms with Crippen LogP contribution in [-0.4, -0.2) is 21.2 Å². The van der Waals surface area contributed by atoms with Gasteiger partial charge in [0.2, 0.25) is 0 Å². The van der Waals surface area contributed by atoms with E-state index in [1.807, 2.05) is 0 Å². The van der Waals surface area contributed by atoms with E-state index in [-0.39, 0.29) is 11.5 Å². The number of rotatable bonds is 1. The van der Waals surface area contributed by atoms with Crippen LogP contribution in [0.4, 0.5) is 0 Å². The summed E-state index contributed by atoms with van der Waals surface area (Å²) in [6.45, 7) is 4.29. The minimum atomic E-state index is 0.194. The molecule has 0 amide bonds. The van der Waals surface area contributed by atoms with Crippen molar-refractivity contribution < 1.29 is 0 Å². The number of nitrogens with two attached hydrogens (primary N) is 1. The normalized spacial score (nSPS) is 33.7. The third kappa shape index (κ3) is 0.790. The largest absolute Gasteiger partial charge is 0.327 e. The van der Waals surface area contributed by atoms with E-state index < -0.39 is 0 Å². The molecular weight excluding hydrogens is 140 g/mol. The number of aromatic nitrogens is 3. The Morgan fingerprint density at radius 3 is 2.64 bits per heavy atom. The van der Waals surface area contributed by atoms with Gasteiger partial charge >= 0.3 is 0 Å². The molecule has 1 aliphatic rings. The molecule has 2 atom stereocenters. The summed E-state index contributed by atoms with van der Waals surface area (Å²) in [5.41, 5.74) is 6.04. The zero-order valence-corrected chi connectivity index (χ0v) is 6.70. The first kappa shape index (κ1) is 6.79. The lowest BCUT2D eigenvalue weighted by Crippen LogP contribution is -2.06. The molecule has 4 nitrogen and oxygen atoms in total. The smallest absolute Gasteiger partial charge is 0.137 e. The summed E-state index contributed by atoms with van der Waals surface area (Å²) in [6.07, 6.45) is 1.52. The highest BCUT2D eigenvalue weighted by Gasteiger charge is 2.57. The van der Waals surface area contributed by atoms with Crippen LogP contribution in [0.25, 0.3) is 0 Å². The minimum Gasteiger partial charge on any atom is -0.327 e. The molecule has 0 aromatic carbocycles. The highest BCUT2D eigenvalue weighted by Crippen LogP contribution is 2.55. The highest BCUT2D eigenvalue weighted by atomic mass is 15.2. The number of hydrogen-bond donors (Lipinski definition) is 2. The first-order valence-electron chi connectivity index (χ1n) is 3.75. The Kier molecular flexibility index (Phi) is 1.12. The molecule has 0 saturated heterocycles. The predicted molar refractivity (Wildman–Crippen MR) is 40.9 cm³/mol. The summed E-state index contributed by atoms with van der Waals surface area (Å²) >= 11 is 0. The second-order valence-corrected chi connectivity index (χ2v) is 3.70. The zero-order valence-electron chi connectivity index (χ0n) is 6.70. The molecule has 0 radical (unpaired) electrons. The van der Waals surface area contributed by atoms with Crippen molar-refractivity contribution in [2.45, 2.75) is 25.8 Å². The first-order valence-corrected chi connectivity index (χ1v) is 3.75. The molecule has 1 heterocycles. The maximum absolute atomic E-state index is 5.85. The van der Waals surface area contributed by atoms with E-state index >= 15 is 0 Å². The van der Waals surface area contributed by atoms with Gasteiger partial charge in [-0.05, 0) is 5.41 Å². The van der Waals surface area contributed by atoms with Crippen molar-refractivity contribution in [2.75, 3.05) is 0 Å². The van der Waals surface area contributed by atoms with Crippen molar-refractivity contribution in [3.63, 3.8) is 0 Å². The van der Waals surface area contributed by atoms with Gasteiger partial charge in [0.05, 0.1) is 0 Å². The lowest BCUT2D eigenvalue weighted by atomic mass is 10.1. The van der Waals surface area contributed by atoms with E-state index in [2.05, 4.69) is 29.0 Å². The lowest BCUT2D eigenvalue weighted by Gasteiger charge is -1.96. The van der Waals surface area contributed by atoms with Gasteiger partial charge in [-0.25, -0.2) is 4.98 Å². The minimum absolute atomic E-state index is 0.194. The molecule has 3 N–H and O–H groups in total. The second kappa shape index (κ2) is 1.82. The monoisotopic (exact) mass is 152 g/mol. The summed E-state index contributed by atoms with van der Waals surface area (Å²) in [4.78, 5) is 4.08. The van der Waals surface area contributed by atoms with E-state index in [1.54, 1.807) is 0 Å². The molecule has 1 aromatic rings. The van der Waals surface area contributed by atoms with Gasteiger partial charge in [-0.2, -0.15) is 5.10 Å². The van der Waals surface area contributed by atoms with Gasteiger partial charge in [0.25, 0.3) is 0 Å². The third-order valence-electron chi connectivity index (χ3n) is 2.64. The van der Waals surface area contributed by atoms with Gasteiger partial charge in [-0.3, -0.25) is 5.10 Å². The summed E-state index contributed by atoms with van der Waals surface area (Å²) in [5, 5.41) is 6.64. The van der Waals surface area contributed by atoms with Crippen LogP contribution in [0.3, 0.4) is 0 Å². The van der Waals surface area contributed by atoms with Crippen molar-refractivity contribution in [3.05, 3.63) is 12.2 Å². The number of hydrogen-bond acceptors (Lipinski definition) is 3. The number of nitrogens with zero attached hydrogens (tertiary/aromatic N) is 2. The third-order valence-corrected chi connectivity index (χ3v) is 2.64.